The van der Waals surface area contributed by atoms with Gasteiger partial charge in [0.25, 0.3) is 0 Å². The standard InChI is InChI=1S/C9H20N2O2/c1-3-5-10-8-9(12)11-6-4-7-13-2/h10H,3-8H2,1-2H3,(H,11,12). The number of ether oxygens (including phenoxy) is 1. The van der Waals surface area contributed by atoms with Crippen molar-refractivity contribution < 1.29 is 9.53 Å². The third kappa shape index (κ3) is 9.30. The zero-order valence-electron chi connectivity index (χ0n) is 8.56. The summed E-state index contributed by atoms with van der Waals surface area (Å²) in [5, 5.41) is 5.83. The summed E-state index contributed by atoms with van der Waals surface area (Å²) in [5.41, 5.74) is 0. The molecule has 0 bridgehead atoms. The van der Waals surface area contributed by atoms with Gasteiger partial charge in [-0.3, -0.25) is 4.79 Å². The molecule has 0 aromatic rings. The molecule has 0 aromatic carbocycles. The van der Waals surface area contributed by atoms with E-state index >= 15 is 0 Å². The summed E-state index contributed by atoms with van der Waals surface area (Å²) in [7, 11) is 1.66. The van der Waals surface area contributed by atoms with Gasteiger partial charge in [0.15, 0.2) is 0 Å². The highest BCUT2D eigenvalue weighted by atomic mass is 16.5. The molecular weight excluding hydrogens is 168 g/mol. The molecule has 4 nitrogen and oxygen atoms in total. The first kappa shape index (κ1) is 12.4. The minimum Gasteiger partial charge on any atom is -0.385 e. The van der Waals surface area contributed by atoms with Crippen LogP contribution in [0.2, 0.25) is 0 Å². The molecule has 0 fully saturated rings. The van der Waals surface area contributed by atoms with Gasteiger partial charge in [0.1, 0.15) is 0 Å². The lowest BCUT2D eigenvalue weighted by atomic mass is 10.4. The summed E-state index contributed by atoms with van der Waals surface area (Å²) in [6.45, 7) is 4.78. The number of methoxy groups -OCH3 is 1. The van der Waals surface area contributed by atoms with Gasteiger partial charge in [-0.25, -0.2) is 0 Å². The van der Waals surface area contributed by atoms with Gasteiger partial charge >= 0.3 is 0 Å². The second-order valence-corrected chi connectivity index (χ2v) is 2.87. The van der Waals surface area contributed by atoms with E-state index in [0.717, 1.165) is 19.4 Å². The summed E-state index contributed by atoms with van der Waals surface area (Å²) in [4.78, 5) is 11.1. The van der Waals surface area contributed by atoms with Gasteiger partial charge in [-0.2, -0.15) is 0 Å². The first-order valence-corrected chi connectivity index (χ1v) is 4.77. The van der Waals surface area contributed by atoms with Gasteiger partial charge < -0.3 is 15.4 Å². The third-order valence-corrected chi connectivity index (χ3v) is 1.56. The van der Waals surface area contributed by atoms with Gasteiger partial charge in [-0.05, 0) is 19.4 Å². The average Bonchev–Trinajstić information content (AvgIpc) is 2.13. The number of carbonyl (C=O) groups excluding carboxylic acids is 1. The zero-order valence-corrected chi connectivity index (χ0v) is 8.56. The molecule has 13 heavy (non-hydrogen) atoms. The fourth-order valence-electron chi connectivity index (χ4n) is 0.886. The molecule has 0 aliphatic carbocycles. The van der Waals surface area contributed by atoms with Crippen molar-refractivity contribution in [1.29, 1.82) is 0 Å². The minimum atomic E-state index is 0.0598. The summed E-state index contributed by atoms with van der Waals surface area (Å²) in [6.07, 6.45) is 1.92. The first-order chi connectivity index (χ1) is 6.31. The lowest BCUT2D eigenvalue weighted by molar-refractivity contribution is -0.120. The van der Waals surface area contributed by atoms with Crippen LogP contribution in [-0.4, -0.2) is 39.3 Å². The van der Waals surface area contributed by atoms with Crippen molar-refractivity contribution in [3.8, 4) is 0 Å². The van der Waals surface area contributed by atoms with Crippen LogP contribution in [0.5, 0.6) is 0 Å². The number of nitrogens with one attached hydrogen (secondary N) is 2. The molecule has 2 N–H and O–H groups in total. The third-order valence-electron chi connectivity index (χ3n) is 1.56. The highest BCUT2D eigenvalue weighted by Crippen LogP contribution is 1.77. The molecule has 1 amide bonds. The van der Waals surface area contributed by atoms with Crippen molar-refractivity contribution in [2.75, 3.05) is 33.4 Å². The summed E-state index contributed by atoms with van der Waals surface area (Å²) >= 11 is 0. The molecule has 4 heteroatoms. The lowest BCUT2D eigenvalue weighted by Crippen LogP contribution is -2.34. The Morgan fingerprint density at radius 2 is 2.15 bits per heavy atom. The van der Waals surface area contributed by atoms with E-state index in [0.29, 0.717) is 19.7 Å². The van der Waals surface area contributed by atoms with E-state index in [1.54, 1.807) is 7.11 Å². The second-order valence-electron chi connectivity index (χ2n) is 2.87. The molecule has 0 heterocycles. The first-order valence-electron chi connectivity index (χ1n) is 4.77. The van der Waals surface area contributed by atoms with E-state index in [-0.39, 0.29) is 5.91 Å². The Morgan fingerprint density at radius 1 is 1.38 bits per heavy atom. The van der Waals surface area contributed by atoms with Crippen molar-refractivity contribution in [2.24, 2.45) is 0 Å². The Bertz CT molecular complexity index is 129. The van der Waals surface area contributed by atoms with E-state index < -0.39 is 0 Å². The Balaban J connectivity index is 3.11. The maximum atomic E-state index is 11.1. The van der Waals surface area contributed by atoms with E-state index in [1.807, 2.05) is 0 Å². The highest BCUT2D eigenvalue weighted by Gasteiger charge is 1.97. The Morgan fingerprint density at radius 3 is 2.77 bits per heavy atom. The van der Waals surface area contributed by atoms with Crippen LogP contribution in [-0.2, 0) is 9.53 Å². The maximum absolute atomic E-state index is 11.1. The molecule has 0 aromatic heterocycles. The zero-order chi connectivity index (χ0) is 9.94. The SMILES string of the molecule is CCCNCC(=O)NCCCOC. The topological polar surface area (TPSA) is 50.4 Å². The van der Waals surface area contributed by atoms with Crippen LogP contribution in [0.25, 0.3) is 0 Å². The monoisotopic (exact) mass is 188 g/mol. The van der Waals surface area contributed by atoms with Crippen LogP contribution in [0.1, 0.15) is 19.8 Å². The number of carbonyl (C=O) groups is 1. The predicted molar refractivity (Wildman–Crippen MR) is 52.7 cm³/mol. The van der Waals surface area contributed by atoms with Crippen LogP contribution in [0.4, 0.5) is 0 Å². The average molecular weight is 188 g/mol. The molecule has 78 valence electrons. The number of hydrogen-bond acceptors (Lipinski definition) is 3. The molecule has 0 radical (unpaired) electrons. The normalized spacial score (nSPS) is 10.0. The number of rotatable bonds is 8. The highest BCUT2D eigenvalue weighted by molar-refractivity contribution is 5.77. The Hall–Kier alpha value is -0.610. The van der Waals surface area contributed by atoms with Crippen molar-refractivity contribution in [3.05, 3.63) is 0 Å². The van der Waals surface area contributed by atoms with Crippen molar-refractivity contribution >= 4 is 5.91 Å². The molecule has 0 unspecified atom stereocenters. The van der Waals surface area contributed by atoms with E-state index in [1.165, 1.54) is 0 Å². The van der Waals surface area contributed by atoms with Crippen molar-refractivity contribution in [1.82, 2.24) is 10.6 Å². The number of amides is 1. The molecule has 0 rings (SSSR count). The van der Waals surface area contributed by atoms with Crippen molar-refractivity contribution in [2.45, 2.75) is 19.8 Å². The smallest absolute Gasteiger partial charge is 0.233 e. The molecule has 0 saturated carbocycles. The fraction of sp³-hybridized carbons (Fsp3) is 0.889. The molecule has 0 aliphatic heterocycles. The Labute approximate surface area is 80.0 Å². The van der Waals surface area contributed by atoms with Gasteiger partial charge in [-0.1, -0.05) is 6.92 Å². The van der Waals surface area contributed by atoms with Gasteiger partial charge in [0.2, 0.25) is 5.91 Å². The van der Waals surface area contributed by atoms with Crippen molar-refractivity contribution in [3.63, 3.8) is 0 Å². The van der Waals surface area contributed by atoms with Crippen LogP contribution >= 0.6 is 0 Å². The quantitative estimate of drug-likeness (QED) is 0.533. The van der Waals surface area contributed by atoms with Crippen LogP contribution in [0.3, 0.4) is 0 Å². The largest absolute Gasteiger partial charge is 0.385 e. The molecular formula is C9H20N2O2. The van der Waals surface area contributed by atoms with Gasteiger partial charge in [-0.15, -0.1) is 0 Å². The van der Waals surface area contributed by atoms with E-state index in [9.17, 15) is 4.79 Å². The minimum absolute atomic E-state index is 0.0598. The predicted octanol–water partition coefficient (Wildman–Crippen LogP) is 0.139. The van der Waals surface area contributed by atoms with E-state index in [4.69, 9.17) is 4.74 Å². The fourth-order valence-corrected chi connectivity index (χ4v) is 0.886. The molecule has 0 atom stereocenters. The Kier molecular flexibility index (Phi) is 9.03. The molecule has 0 spiro atoms. The molecule has 0 aliphatic rings. The van der Waals surface area contributed by atoms with Gasteiger partial charge in [0, 0.05) is 20.3 Å². The van der Waals surface area contributed by atoms with Gasteiger partial charge in [0.05, 0.1) is 6.54 Å². The van der Waals surface area contributed by atoms with Crippen LogP contribution in [0.15, 0.2) is 0 Å². The van der Waals surface area contributed by atoms with Crippen LogP contribution in [0, 0.1) is 0 Å². The lowest BCUT2D eigenvalue weighted by Gasteiger charge is -2.05. The van der Waals surface area contributed by atoms with Crippen LogP contribution < -0.4 is 10.6 Å². The number of hydrogen-bond donors (Lipinski definition) is 2. The maximum Gasteiger partial charge on any atom is 0.233 e. The van der Waals surface area contributed by atoms with E-state index in [2.05, 4.69) is 17.6 Å². The molecule has 0 saturated heterocycles. The summed E-state index contributed by atoms with van der Waals surface area (Å²) < 4.78 is 4.86. The summed E-state index contributed by atoms with van der Waals surface area (Å²) in [5.74, 6) is 0.0598. The second kappa shape index (κ2) is 9.48. The summed E-state index contributed by atoms with van der Waals surface area (Å²) in [6, 6.07) is 0.